The predicted octanol–water partition coefficient (Wildman–Crippen LogP) is 0.723. The molecule has 0 spiro atoms. The zero-order valence-electron chi connectivity index (χ0n) is 7.32. The normalized spacial score (nSPS) is 11.8. The Labute approximate surface area is 76.9 Å². The van der Waals surface area contributed by atoms with E-state index in [1.54, 1.807) is 31.4 Å². The number of nitrogens with one attached hydrogen (secondary N) is 1. The molecule has 1 aromatic carbocycles. The average Bonchev–Trinajstić information content (AvgIpc) is 2.21. The van der Waals surface area contributed by atoms with Crippen molar-refractivity contribution in [3.63, 3.8) is 0 Å². The van der Waals surface area contributed by atoms with E-state index in [9.17, 15) is 0 Å². The molecule has 0 aliphatic carbocycles. The van der Waals surface area contributed by atoms with Gasteiger partial charge in [-0.3, -0.25) is 5.84 Å². The summed E-state index contributed by atoms with van der Waals surface area (Å²) in [7, 11) is 1.60. The topological polar surface area (TPSA) is 71.1 Å². The van der Waals surface area contributed by atoms with Gasteiger partial charge in [0, 0.05) is 0 Å². The third-order valence-corrected chi connectivity index (χ3v) is 1.74. The zero-order valence-corrected chi connectivity index (χ0v) is 7.32. The average molecular weight is 177 g/mol. The molecule has 4 nitrogen and oxygen atoms in total. The number of nitrogens with zero attached hydrogens (tertiary/aromatic N) is 1. The first-order valence-electron chi connectivity index (χ1n) is 3.81. The van der Waals surface area contributed by atoms with E-state index in [0.29, 0.717) is 0 Å². The van der Waals surface area contributed by atoms with Crippen LogP contribution in [0.5, 0.6) is 5.75 Å². The van der Waals surface area contributed by atoms with Gasteiger partial charge in [0.25, 0.3) is 0 Å². The predicted molar refractivity (Wildman–Crippen MR) is 48.7 cm³/mol. The summed E-state index contributed by atoms with van der Waals surface area (Å²) in [6, 6.07) is 8.74. The van der Waals surface area contributed by atoms with Crippen molar-refractivity contribution >= 4 is 0 Å². The molecular weight excluding hydrogens is 166 g/mol. The molecule has 0 heterocycles. The Hall–Kier alpha value is -1.57. The maximum absolute atomic E-state index is 8.68. The van der Waals surface area contributed by atoms with Crippen LogP contribution in [-0.2, 0) is 0 Å². The first-order chi connectivity index (χ1) is 6.31. The number of hydrogen-bond donors (Lipinski definition) is 2. The van der Waals surface area contributed by atoms with Crippen LogP contribution in [0.1, 0.15) is 11.6 Å². The SMILES string of the molecule is COc1ccc(C(C#N)NN)cc1. The van der Waals surface area contributed by atoms with Crippen molar-refractivity contribution in [1.82, 2.24) is 5.43 Å². The summed E-state index contributed by atoms with van der Waals surface area (Å²) in [6.45, 7) is 0. The molecule has 68 valence electrons. The summed E-state index contributed by atoms with van der Waals surface area (Å²) in [5.41, 5.74) is 3.23. The Morgan fingerprint density at radius 1 is 1.46 bits per heavy atom. The van der Waals surface area contributed by atoms with E-state index in [1.807, 2.05) is 6.07 Å². The van der Waals surface area contributed by atoms with Crippen molar-refractivity contribution in [2.75, 3.05) is 7.11 Å². The van der Waals surface area contributed by atoms with Crippen molar-refractivity contribution in [3.05, 3.63) is 29.8 Å². The lowest BCUT2D eigenvalue weighted by Gasteiger charge is -2.07. The number of hydrazine groups is 1. The summed E-state index contributed by atoms with van der Waals surface area (Å²) in [5.74, 6) is 5.94. The van der Waals surface area contributed by atoms with E-state index in [2.05, 4.69) is 5.43 Å². The van der Waals surface area contributed by atoms with Crippen LogP contribution in [0.15, 0.2) is 24.3 Å². The molecule has 0 fully saturated rings. The first kappa shape index (κ1) is 9.52. The molecule has 1 atom stereocenters. The van der Waals surface area contributed by atoms with Crippen molar-refractivity contribution in [2.24, 2.45) is 5.84 Å². The number of nitrogens with two attached hydrogens (primary N) is 1. The van der Waals surface area contributed by atoms with Crippen molar-refractivity contribution in [3.8, 4) is 11.8 Å². The second-order valence-electron chi connectivity index (χ2n) is 2.50. The van der Waals surface area contributed by atoms with Crippen LogP contribution in [0.3, 0.4) is 0 Å². The summed E-state index contributed by atoms with van der Waals surface area (Å²) in [6.07, 6.45) is 0. The molecule has 1 unspecified atom stereocenters. The third kappa shape index (κ3) is 2.18. The summed E-state index contributed by atoms with van der Waals surface area (Å²) in [4.78, 5) is 0. The lowest BCUT2D eigenvalue weighted by Crippen LogP contribution is -2.26. The van der Waals surface area contributed by atoms with Gasteiger partial charge in [0.15, 0.2) is 0 Å². The minimum absolute atomic E-state index is 0.467. The molecule has 4 heteroatoms. The van der Waals surface area contributed by atoms with Gasteiger partial charge in [0.1, 0.15) is 11.8 Å². The van der Waals surface area contributed by atoms with Crippen LogP contribution >= 0.6 is 0 Å². The molecule has 0 aromatic heterocycles. The molecule has 0 radical (unpaired) electrons. The monoisotopic (exact) mass is 177 g/mol. The summed E-state index contributed by atoms with van der Waals surface area (Å²) < 4.78 is 4.98. The van der Waals surface area contributed by atoms with Gasteiger partial charge in [-0.1, -0.05) is 12.1 Å². The van der Waals surface area contributed by atoms with Crippen LogP contribution in [0, 0.1) is 11.3 Å². The Kier molecular flexibility index (Phi) is 3.26. The van der Waals surface area contributed by atoms with E-state index < -0.39 is 6.04 Å². The Morgan fingerprint density at radius 2 is 2.08 bits per heavy atom. The van der Waals surface area contributed by atoms with Crippen LogP contribution in [0.4, 0.5) is 0 Å². The maximum atomic E-state index is 8.68. The molecular formula is C9H11N3O. The second kappa shape index (κ2) is 4.45. The first-order valence-corrected chi connectivity index (χ1v) is 3.81. The Bertz CT molecular complexity index is 302. The lowest BCUT2D eigenvalue weighted by molar-refractivity contribution is 0.414. The minimum atomic E-state index is -0.467. The molecule has 13 heavy (non-hydrogen) atoms. The Morgan fingerprint density at radius 3 is 2.46 bits per heavy atom. The van der Waals surface area contributed by atoms with E-state index in [1.165, 1.54) is 0 Å². The molecule has 0 saturated heterocycles. The van der Waals surface area contributed by atoms with E-state index in [0.717, 1.165) is 11.3 Å². The molecule has 0 bridgehead atoms. The van der Waals surface area contributed by atoms with Gasteiger partial charge in [-0.05, 0) is 17.7 Å². The molecule has 0 aliphatic heterocycles. The highest BCUT2D eigenvalue weighted by Crippen LogP contribution is 2.16. The van der Waals surface area contributed by atoms with Gasteiger partial charge >= 0.3 is 0 Å². The number of ether oxygens (including phenoxy) is 1. The standard InChI is InChI=1S/C9H11N3O/c1-13-8-4-2-7(3-5-8)9(6-10)12-11/h2-5,9,12H,11H2,1H3. The fourth-order valence-electron chi connectivity index (χ4n) is 1.00. The molecule has 1 aromatic rings. The molecule has 1 rings (SSSR count). The van der Waals surface area contributed by atoms with Gasteiger partial charge in [-0.2, -0.15) is 5.26 Å². The fourth-order valence-corrected chi connectivity index (χ4v) is 1.00. The van der Waals surface area contributed by atoms with Crippen LogP contribution < -0.4 is 16.0 Å². The lowest BCUT2D eigenvalue weighted by atomic mass is 10.1. The maximum Gasteiger partial charge on any atom is 0.133 e. The van der Waals surface area contributed by atoms with Crippen LogP contribution in [0.2, 0.25) is 0 Å². The third-order valence-electron chi connectivity index (χ3n) is 1.74. The van der Waals surface area contributed by atoms with Gasteiger partial charge in [-0.15, -0.1) is 0 Å². The van der Waals surface area contributed by atoms with Crippen LogP contribution in [-0.4, -0.2) is 7.11 Å². The van der Waals surface area contributed by atoms with E-state index in [4.69, 9.17) is 15.8 Å². The summed E-state index contributed by atoms with van der Waals surface area (Å²) in [5, 5.41) is 8.68. The number of hydrogen-bond acceptors (Lipinski definition) is 4. The van der Waals surface area contributed by atoms with Crippen molar-refractivity contribution in [1.29, 1.82) is 5.26 Å². The Balaban J connectivity index is 2.86. The minimum Gasteiger partial charge on any atom is -0.497 e. The molecule has 3 N–H and O–H groups in total. The number of nitriles is 1. The zero-order chi connectivity index (χ0) is 9.68. The van der Waals surface area contributed by atoms with Crippen molar-refractivity contribution < 1.29 is 4.74 Å². The quantitative estimate of drug-likeness (QED) is 0.527. The smallest absolute Gasteiger partial charge is 0.133 e. The van der Waals surface area contributed by atoms with Gasteiger partial charge < -0.3 is 4.74 Å². The van der Waals surface area contributed by atoms with E-state index >= 15 is 0 Å². The highest BCUT2D eigenvalue weighted by Gasteiger charge is 2.06. The second-order valence-corrected chi connectivity index (χ2v) is 2.50. The van der Waals surface area contributed by atoms with Gasteiger partial charge in [-0.25, -0.2) is 5.43 Å². The fraction of sp³-hybridized carbons (Fsp3) is 0.222. The van der Waals surface area contributed by atoms with Crippen LogP contribution in [0.25, 0.3) is 0 Å². The van der Waals surface area contributed by atoms with E-state index in [-0.39, 0.29) is 0 Å². The van der Waals surface area contributed by atoms with Gasteiger partial charge in [0.2, 0.25) is 0 Å². The highest BCUT2D eigenvalue weighted by molar-refractivity contribution is 5.31. The molecule has 0 aliphatic rings. The largest absolute Gasteiger partial charge is 0.497 e. The summed E-state index contributed by atoms with van der Waals surface area (Å²) >= 11 is 0. The number of methoxy groups -OCH3 is 1. The van der Waals surface area contributed by atoms with Crippen molar-refractivity contribution in [2.45, 2.75) is 6.04 Å². The highest BCUT2D eigenvalue weighted by atomic mass is 16.5. The molecule has 0 amide bonds. The number of rotatable bonds is 3. The molecule has 0 saturated carbocycles. The van der Waals surface area contributed by atoms with Gasteiger partial charge in [0.05, 0.1) is 13.2 Å². The number of benzene rings is 1.